The summed E-state index contributed by atoms with van der Waals surface area (Å²) in [4.78, 5) is 26.8. The Morgan fingerprint density at radius 1 is 1.14 bits per heavy atom. The van der Waals surface area contributed by atoms with Crippen LogP contribution in [-0.4, -0.2) is 37.4 Å². The highest BCUT2D eigenvalue weighted by atomic mass is 16.6. The van der Waals surface area contributed by atoms with Gasteiger partial charge in [-0.3, -0.25) is 14.6 Å². The van der Waals surface area contributed by atoms with Gasteiger partial charge in [-0.15, -0.1) is 0 Å². The topological polar surface area (TPSA) is 65.0 Å². The molecule has 1 aromatic carbocycles. The minimum atomic E-state index is -0.548. The number of carbonyl (C=O) groups is 2. The van der Waals surface area contributed by atoms with Gasteiger partial charge in [-0.25, -0.2) is 0 Å². The highest BCUT2D eigenvalue weighted by molar-refractivity contribution is 5.79. The molecular weight excluding hydrogens is 270 g/mol. The van der Waals surface area contributed by atoms with Crippen molar-refractivity contribution in [3.05, 3.63) is 35.9 Å². The minimum Gasteiger partial charge on any atom is -0.462 e. The number of aliphatic imine (C=N–C) groups is 1. The molecule has 0 saturated heterocycles. The van der Waals surface area contributed by atoms with Crippen LogP contribution in [0.25, 0.3) is 0 Å². The first-order chi connectivity index (χ1) is 10.2. The summed E-state index contributed by atoms with van der Waals surface area (Å²) in [6, 6.07) is 9.60. The number of benzene rings is 1. The molecule has 0 heterocycles. The first-order valence-electron chi connectivity index (χ1n) is 7.05. The van der Waals surface area contributed by atoms with Crippen LogP contribution in [0.1, 0.15) is 32.3 Å². The number of hydrogen-bond donors (Lipinski definition) is 0. The molecule has 21 heavy (non-hydrogen) atoms. The standard InChI is InChI=1S/C16H21NO4/c1-3-15(18)20-12-14(21-16(19)4-2)11-17-10-13-8-6-5-7-9-13/h5-10,14H,3-4,11-12H2,1-2H3. The zero-order valence-corrected chi connectivity index (χ0v) is 12.5. The fourth-order valence-corrected chi connectivity index (χ4v) is 1.50. The molecule has 5 nitrogen and oxygen atoms in total. The molecule has 1 atom stereocenters. The van der Waals surface area contributed by atoms with Crippen molar-refractivity contribution in [2.75, 3.05) is 13.2 Å². The summed E-state index contributed by atoms with van der Waals surface area (Å²) in [6.45, 7) is 3.72. The molecular formula is C16H21NO4. The van der Waals surface area contributed by atoms with Crippen molar-refractivity contribution in [2.24, 2.45) is 4.99 Å². The molecule has 0 spiro atoms. The highest BCUT2D eigenvalue weighted by Gasteiger charge is 2.15. The lowest BCUT2D eigenvalue weighted by atomic mass is 10.2. The van der Waals surface area contributed by atoms with Crippen molar-refractivity contribution in [2.45, 2.75) is 32.8 Å². The van der Waals surface area contributed by atoms with E-state index in [4.69, 9.17) is 9.47 Å². The summed E-state index contributed by atoms with van der Waals surface area (Å²) in [5, 5.41) is 0. The Labute approximate surface area is 125 Å². The number of nitrogens with zero attached hydrogens (tertiary/aromatic N) is 1. The van der Waals surface area contributed by atoms with Gasteiger partial charge in [0.2, 0.25) is 0 Å². The van der Waals surface area contributed by atoms with Gasteiger partial charge in [0, 0.05) is 19.1 Å². The predicted octanol–water partition coefficient (Wildman–Crippen LogP) is 2.38. The molecule has 0 amide bonds. The molecule has 0 saturated carbocycles. The number of ether oxygens (including phenoxy) is 2. The smallest absolute Gasteiger partial charge is 0.305 e. The summed E-state index contributed by atoms with van der Waals surface area (Å²) in [6.07, 6.45) is 1.73. The van der Waals surface area contributed by atoms with Gasteiger partial charge in [0.1, 0.15) is 6.61 Å². The van der Waals surface area contributed by atoms with Crippen molar-refractivity contribution >= 4 is 18.2 Å². The second-order valence-corrected chi connectivity index (χ2v) is 4.41. The van der Waals surface area contributed by atoms with E-state index in [2.05, 4.69) is 4.99 Å². The Balaban J connectivity index is 2.53. The van der Waals surface area contributed by atoms with Crippen LogP contribution in [0.3, 0.4) is 0 Å². The van der Waals surface area contributed by atoms with E-state index in [9.17, 15) is 9.59 Å². The molecule has 5 heteroatoms. The van der Waals surface area contributed by atoms with E-state index in [1.807, 2.05) is 30.3 Å². The van der Waals surface area contributed by atoms with Crippen LogP contribution in [0.15, 0.2) is 35.3 Å². The first-order valence-corrected chi connectivity index (χ1v) is 7.05. The van der Waals surface area contributed by atoms with Gasteiger partial charge in [0.15, 0.2) is 6.10 Å². The molecule has 0 N–H and O–H groups in total. The lowest BCUT2D eigenvalue weighted by Crippen LogP contribution is -2.27. The summed E-state index contributed by atoms with van der Waals surface area (Å²) in [5.41, 5.74) is 0.962. The summed E-state index contributed by atoms with van der Waals surface area (Å²) in [7, 11) is 0. The third-order valence-corrected chi connectivity index (χ3v) is 2.65. The molecule has 114 valence electrons. The Bertz CT molecular complexity index is 470. The maximum absolute atomic E-state index is 11.4. The number of hydrogen-bond acceptors (Lipinski definition) is 5. The van der Waals surface area contributed by atoms with Crippen LogP contribution in [0, 0.1) is 0 Å². The van der Waals surface area contributed by atoms with Gasteiger partial charge in [-0.2, -0.15) is 0 Å². The van der Waals surface area contributed by atoms with Gasteiger partial charge in [-0.1, -0.05) is 44.2 Å². The van der Waals surface area contributed by atoms with Crippen molar-refractivity contribution < 1.29 is 19.1 Å². The maximum atomic E-state index is 11.4. The molecule has 1 aromatic rings. The van der Waals surface area contributed by atoms with Crippen molar-refractivity contribution in [1.82, 2.24) is 0 Å². The Morgan fingerprint density at radius 3 is 2.43 bits per heavy atom. The van der Waals surface area contributed by atoms with Gasteiger partial charge in [0.05, 0.1) is 6.54 Å². The van der Waals surface area contributed by atoms with Gasteiger partial charge >= 0.3 is 11.9 Å². The quantitative estimate of drug-likeness (QED) is 0.545. The van der Waals surface area contributed by atoms with E-state index in [1.165, 1.54) is 0 Å². The normalized spacial score (nSPS) is 12.1. The fourth-order valence-electron chi connectivity index (χ4n) is 1.50. The van der Waals surface area contributed by atoms with E-state index < -0.39 is 6.10 Å². The van der Waals surface area contributed by atoms with Crippen LogP contribution < -0.4 is 0 Å². The van der Waals surface area contributed by atoms with Crippen LogP contribution in [0.4, 0.5) is 0 Å². The van der Waals surface area contributed by atoms with Gasteiger partial charge in [-0.05, 0) is 5.56 Å². The Hall–Kier alpha value is -2.17. The Kier molecular flexibility index (Phi) is 7.79. The highest BCUT2D eigenvalue weighted by Crippen LogP contribution is 2.01. The molecule has 0 bridgehead atoms. The van der Waals surface area contributed by atoms with Gasteiger partial charge in [0.25, 0.3) is 0 Å². The van der Waals surface area contributed by atoms with E-state index in [0.717, 1.165) is 5.56 Å². The van der Waals surface area contributed by atoms with E-state index in [0.29, 0.717) is 6.42 Å². The largest absolute Gasteiger partial charge is 0.462 e. The van der Waals surface area contributed by atoms with Crippen molar-refractivity contribution in [3.8, 4) is 0 Å². The third-order valence-electron chi connectivity index (χ3n) is 2.65. The molecule has 0 fully saturated rings. The van der Waals surface area contributed by atoms with Crippen LogP contribution in [-0.2, 0) is 19.1 Å². The van der Waals surface area contributed by atoms with Crippen LogP contribution in [0.5, 0.6) is 0 Å². The SMILES string of the molecule is CCC(=O)OCC(CN=Cc1ccccc1)OC(=O)CC. The average Bonchev–Trinajstić information content (AvgIpc) is 2.52. The number of rotatable bonds is 8. The van der Waals surface area contributed by atoms with E-state index in [-0.39, 0.29) is 31.5 Å². The summed E-state index contributed by atoms with van der Waals surface area (Å²) < 4.78 is 10.2. The number of carbonyl (C=O) groups excluding carboxylic acids is 2. The molecule has 0 aliphatic rings. The summed E-state index contributed by atoms with van der Waals surface area (Å²) in [5.74, 6) is -0.651. The Morgan fingerprint density at radius 2 is 1.81 bits per heavy atom. The first kappa shape index (κ1) is 16.9. The second-order valence-electron chi connectivity index (χ2n) is 4.41. The van der Waals surface area contributed by atoms with Gasteiger partial charge < -0.3 is 9.47 Å². The molecule has 1 unspecified atom stereocenters. The predicted molar refractivity (Wildman–Crippen MR) is 80.3 cm³/mol. The van der Waals surface area contributed by atoms with Crippen molar-refractivity contribution in [3.63, 3.8) is 0 Å². The summed E-state index contributed by atoms with van der Waals surface area (Å²) >= 11 is 0. The zero-order chi connectivity index (χ0) is 15.5. The molecule has 0 radical (unpaired) electrons. The fraction of sp³-hybridized carbons (Fsp3) is 0.438. The monoisotopic (exact) mass is 291 g/mol. The average molecular weight is 291 g/mol. The van der Waals surface area contributed by atoms with Crippen molar-refractivity contribution in [1.29, 1.82) is 0 Å². The zero-order valence-electron chi connectivity index (χ0n) is 12.5. The van der Waals surface area contributed by atoms with Crippen LogP contribution in [0.2, 0.25) is 0 Å². The molecule has 1 rings (SSSR count). The molecule has 0 aromatic heterocycles. The van der Waals surface area contributed by atoms with E-state index in [1.54, 1.807) is 20.1 Å². The lowest BCUT2D eigenvalue weighted by molar-refractivity contribution is -0.158. The maximum Gasteiger partial charge on any atom is 0.305 e. The minimum absolute atomic E-state index is 0.0323. The number of esters is 2. The molecule has 0 aliphatic heterocycles. The van der Waals surface area contributed by atoms with E-state index >= 15 is 0 Å². The lowest BCUT2D eigenvalue weighted by Gasteiger charge is -2.15. The second kappa shape index (κ2) is 9.69. The third kappa shape index (κ3) is 7.25. The van der Waals surface area contributed by atoms with Crippen LogP contribution >= 0.6 is 0 Å². The molecule has 0 aliphatic carbocycles.